The Morgan fingerprint density at radius 3 is 2.64 bits per heavy atom. The molecule has 0 bridgehead atoms. The number of phenols is 1. The molecule has 2 nitrogen and oxygen atoms in total. The van der Waals surface area contributed by atoms with Crippen LogP contribution in [-0.2, 0) is 0 Å². The third-order valence-corrected chi connectivity index (χ3v) is 2.05. The van der Waals surface area contributed by atoms with Gasteiger partial charge in [-0.2, -0.15) is 0 Å². The average molecular weight is 194 g/mol. The molecule has 0 unspecified atom stereocenters. The van der Waals surface area contributed by atoms with Gasteiger partial charge < -0.3 is 9.84 Å². The highest BCUT2D eigenvalue weighted by atomic mass is 16.5. The number of rotatable bonds is 5. The topological polar surface area (TPSA) is 29.5 Å². The smallest absolute Gasteiger partial charge is 0.160 e. The molecule has 1 aromatic carbocycles. The molecule has 0 atom stereocenters. The predicted octanol–water partition coefficient (Wildman–Crippen LogP) is 3.21. The highest BCUT2D eigenvalue weighted by Gasteiger charge is 2.00. The highest BCUT2D eigenvalue weighted by Crippen LogP contribution is 2.24. The molecule has 0 aliphatic rings. The predicted molar refractivity (Wildman–Crippen MR) is 57.7 cm³/mol. The molecule has 0 aromatic heterocycles. The zero-order valence-corrected chi connectivity index (χ0v) is 8.86. The van der Waals surface area contributed by atoms with Gasteiger partial charge in [0.25, 0.3) is 0 Å². The molecular formula is C12H18O2. The molecule has 0 aliphatic carbocycles. The van der Waals surface area contributed by atoms with Crippen molar-refractivity contribution in [1.29, 1.82) is 0 Å². The molecule has 0 aliphatic heterocycles. The van der Waals surface area contributed by atoms with Crippen LogP contribution in [0.2, 0.25) is 0 Å². The van der Waals surface area contributed by atoms with Crippen LogP contribution in [0.15, 0.2) is 24.3 Å². The average Bonchev–Trinajstić information content (AvgIpc) is 2.15. The third-order valence-electron chi connectivity index (χ3n) is 2.05. The Morgan fingerprint density at radius 1 is 1.29 bits per heavy atom. The van der Waals surface area contributed by atoms with Crippen molar-refractivity contribution in [2.75, 3.05) is 6.61 Å². The van der Waals surface area contributed by atoms with Crippen LogP contribution in [0.1, 0.15) is 26.7 Å². The van der Waals surface area contributed by atoms with E-state index in [1.807, 2.05) is 6.07 Å². The Morgan fingerprint density at radius 2 is 2.00 bits per heavy atom. The Hall–Kier alpha value is -1.18. The molecule has 14 heavy (non-hydrogen) atoms. The fourth-order valence-corrected chi connectivity index (χ4v) is 1.25. The zero-order chi connectivity index (χ0) is 10.4. The van der Waals surface area contributed by atoms with Gasteiger partial charge in [0, 0.05) is 0 Å². The van der Waals surface area contributed by atoms with E-state index in [1.54, 1.807) is 18.2 Å². The van der Waals surface area contributed by atoms with Crippen molar-refractivity contribution in [1.82, 2.24) is 0 Å². The second kappa shape index (κ2) is 5.53. The molecule has 0 heterocycles. The quantitative estimate of drug-likeness (QED) is 0.729. The zero-order valence-electron chi connectivity index (χ0n) is 8.86. The minimum absolute atomic E-state index is 0.219. The maximum atomic E-state index is 9.39. The first-order valence-electron chi connectivity index (χ1n) is 5.11. The number of phenolic OH excluding ortho intramolecular Hbond substituents is 1. The highest BCUT2D eigenvalue weighted by molar-refractivity contribution is 5.37. The van der Waals surface area contributed by atoms with Gasteiger partial charge in [0.05, 0.1) is 6.61 Å². The van der Waals surface area contributed by atoms with E-state index in [-0.39, 0.29) is 5.75 Å². The van der Waals surface area contributed by atoms with Gasteiger partial charge in [0.2, 0.25) is 0 Å². The van der Waals surface area contributed by atoms with Crippen molar-refractivity contribution < 1.29 is 9.84 Å². The molecule has 1 N–H and O–H groups in total. The van der Waals surface area contributed by atoms with Gasteiger partial charge in [-0.25, -0.2) is 0 Å². The summed E-state index contributed by atoms with van der Waals surface area (Å²) in [6.07, 6.45) is 2.19. The van der Waals surface area contributed by atoms with Crippen molar-refractivity contribution in [2.24, 2.45) is 5.92 Å². The summed E-state index contributed by atoms with van der Waals surface area (Å²) in [4.78, 5) is 0. The molecule has 0 spiro atoms. The van der Waals surface area contributed by atoms with Gasteiger partial charge in [-0.3, -0.25) is 0 Å². The molecule has 0 amide bonds. The fourth-order valence-electron chi connectivity index (χ4n) is 1.25. The lowest BCUT2D eigenvalue weighted by atomic mass is 10.1. The standard InChI is InChI=1S/C12H18O2/c1-10(2)6-5-9-14-12-8-4-3-7-11(12)13/h3-4,7-8,10,13H,5-6,9H2,1-2H3. The molecular weight excluding hydrogens is 176 g/mol. The van der Waals surface area contributed by atoms with E-state index in [2.05, 4.69) is 13.8 Å². The number of aromatic hydroxyl groups is 1. The minimum atomic E-state index is 0.219. The van der Waals surface area contributed by atoms with E-state index in [4.69, 9.17) is 4.74 Å². The van der Waals surface area contributed by atoms with Crippen molar-refractivity contribution >= 4 is 0 Å². The SMILES string of the molecule is CC(C)CCCOc1ccccc1O. The van der Waals surface area contributed by atoms with Crippen LogP contribution in [0.3, 0.4) is 0 Å². The van der Waals surface area contributed by atoms with Gasteiger partial charge in [0.1, 0.15) is 0 Å². The van der Waals surface area contributed by atoms with Gasteiger partial charge in [-0.05, 0) is 30.9 Å². The maximum Gasteiger partial charge on any atom is 0.160 e. The Labute approximate surface area is 85.5 Å². The first kappa shape index (κ1) is 10.9. The summed E-state index contributed by atoms with van der Waals surface area (Å²) in [7, 11) is 0. The van der Waals surface area contributed by atoms with Crippen LogP contribution >= 0.6 is 0 Å². The first-order valence-corrected chi connectivity index (χ1v) is 5.11. The molecule has 0 fully saturated rings. The Kier molecular flexibility index (Phi) is 4.30. The lowest BCUT2D eigenvalue weighted by Gasteiger charge is -2.08. The summed E-state index contributed by atoms with van der Waals surface area (Å²) in [5, 5.41) is 9.39. The monoisotopic (exact) mass is 194 g/mol. The Balaban J connectivity index is 2.28. The van der Waals surface area contributed by atoms with E-state index in [1.165, 1.54) is 0 Å². The van der Waals surface area contributed by atoms with E-state index in [0.29, 0.717) is 18.3 Å². The van der Waals surface area contributed by atoms with Gasteiger partial charge in [-0.1, -0.05) is 26.0 Å². The molecule has 1 aromatic rings. The summed E-state index contributed by atoms with van der Waals surface area (Å²) in [6, 6.07) is 7.07. The van der Waals surface area contributed by atoms with E-state index < -0.39 is 0 Å². The van der Waals surface area contributed by atoms with Gasteiger partial charge >= 0.3 is 0 Å². The number of hydrogen-bond acceptors (Lipinski definition) is 2. The van der Waals surface area contributed by atoms with E-state index in [9.17, 15) is 5.11 Å². The largest absolute Gasteiger partial charge is 0.504 e. The van der Waals surface area contributed by atoms with Crippen molar-refractivity contribution in [3.05, 3.63) is 24.3 Å². The summed E-state index contributed by atoms with van der Waals surface area (Å²) in [6.45, 7) is 5.07. The van der Waals surface area contributed by atoms with E-state index in [0.717, 1.165) is 12.8 Å². The van der Waals surface area contributed by atoms with E-state index >= 15 is 0 Å². The van der Waals surface area contributed by atoms with Crippen LogP contribution in [0, 0.1) is 5.92 Å². The Bertz CT molecular complexity index is 269. The van der Waals surface area contributed by atoms with Crippen LogP contribution in [0.5, 0.6) is 11.5 Å². The maximum absolute atomic E-state index is 9.39. The summed E-state index contributed by atoms with van der Waals surface area (Å²) >= 11 is 0. The number of ether oxygens (including phenoxy) is 1. The van der Waals surface area contributed by atoms with Crippen molar-refractivity contribution in [3.8, 4) is 11.5 Å². The van der Waals surface area contributed by atoms with Gasteiger partial charge in [0.15, 0.2) is 11.5 Å². The molecule has 1 rings (SSSR count). The lowest BCUT2D eigenvalue weighted by molar-refractivity contribution is 0.283. The van der Waals surface area contributed by atoms with Crippen molar-refractivity contribution in [2.45, 2.75) is 26.7 Å². The number of para-hydroxylation sites is 2. The molecule has 0 radical (unpaired) electrons. The third kappa shape index (κ3) is 3.69. The molecule has 0 saturated carbocycles. The number of hydrogen-bond donors (Lipinski definition) is 1. The fraction of sp³-hybridized carbons (Fsp3) is 0.500. The summed E-state index contributed by atoms with van der Waals surface area (Å²) < 4.78 is 5.44. The van der Waals surface area contributed by atoms with Crippen LogP contribution in [-0.4, -0.2) is 11.7 Å². The lowest BCUT2D eigenvalue weighted by Crippen LogP contribution is -1.99. The first-order chi connectivity index (χ1) is 6.70. The molecule has 2 heteroatoms. The molecule has 78 valence electrons. The van der Waals surface area contributed by atoms with Gasteiger partial charge in [-0.15, -0.1) is 0 Å². The minimum Gasteiger partial charge on any atom is -0.504 e. The second-order valence-electron chi connectivity index (χ2n) is 3.85. The van der Waals surface area contributed by atoms with Crippen LogP contribution < -0.4 is 4.74 Å². The van der Waals surface area contributed by atoms with Crippen molar-refractivity contribution in [3.63, 3.8) is 0 Å². The summed E-state index contributed by atoms with van der Waals surface area (Å²) in [5.74, 6) is 1.51. The van der Waals surface area contributed by atoms with Crippen LogP contribution in [0.4, 0.5) is 0 Å². The second-order valence-corrected chi connectivity index (χ2v) is 3.85. The normalized spacial score (nSPS) is 10.5. The van der Waals surface area contributed by atoms with Crippen LogP contribution in [0.25, 0.3) is 0 Å². The molecule has 0 saturated heterocycles. The number of benzene rings is 1. The summed E-state index contributed by atoms with van der Waals surface area (Å²) in [5.41, 5.74) is 0.